The molecule has 112 valence electrons. The van der Waals surface area contributed by atoms with Gasteiger partial charge in [0.2, 0.25) is 0 Å². The van der Waals surface area contributed by atoms with E-state index in [0.29, 0.717) is 6.42 Å². The Hall–Kier alpha value is -2.39. The molecule has 0 amide bonds. The fraction of sp³-hybridized carbons (Fsp3) is 0.111. The number of hydrogen-bond donors (Lipinski definition) is 1. The van der Waals surface area contributed by atoms with Crippen LogP contribution < -0.4 is 0 Å². The van der Waals surface area contributed by atoms with Gasteiger partial charge in [-0.1, -0.05) is 48.5 Å². The van der Waals surface area contributed by atoms with Gasteiger partial charge in [0, 0.05) is 17.4 Å². The van der Waals surface area contributed by atoms with Crippen molar-refractivity contribution in [2.75, 3.05) is 0 Å². The number of halogens is 1. The van der Waals surface area contributed by atoms with E-state index in [4.69, 9.17) is 5.11 Å². The number of carbonyl (C=O) groups is 1. The zero-order valence-electron chi connectivity index (χ0n) is 11.9. The molecule has 0 fully saturated rings. The number of aromatic nitrogens is 1. The third kappa shape index (κ3) is 3.43. The number of rotatable bonds is 4. The lowest BCUT2D eigenvalue weighted by atomic mass is 10.0. The summed E-state index contributed by atoms with van der Waals surface area (Å²) < 4.78 is 0. The SMILES string of the molecule is Cl.O=C(O)CCc1cc(-c2ccccc2)nc2ccccc12. The summed E-state index contributed by atoms with van der Waals surface area (Å²) in [4.78, 5) is 15.5. The van der Waals surface area contributed by atoms with Gasteiger partial charge >= 0.3 is 5.97 Å². The smallest absolute Gasteiger partial charge is 0.303 e. The second kappa shape index (κ2) is 7.05. The van der Waals surface area contributed by atoms with Crippen molar-refractivity contribution in [3.8, 4) is 11.3 Å². The molecule has 0 aliphatic carbocycles. The highest BCUT2D eigenvalue weighted by molar-refractivity contribution is 5.86. The first kappa shape index (κ1) is 16.0. The summed E-state index contributed by atoms with van der Waals surface area (Å²) in [6, 6.07) is 19.8. The molecular weight excluding hydrogens is 298 g/mol. The highest BCUT2D eigenvalue weighted by Crippen LogP contribution is 2.25. The molecule has 3 rings (SSSR count). The number of benzene rings is 2. The molecule has 3 aromatic rings. The molecular formula is C18H16ClNO2. The van der Waals surface area contributed by atoms with Gasteiger partial charge in [-0.2, -0.15) is 0 Å². The first-order chi connectivity index (χ1) is 10.2. The van der Waals surface area contributed by atoms with E-state index in [1.54, 1.807) is 0 Å². The second-order valence-electron chi connectivity index (χ2n) is 4.94. The van der Waals surface area contributed by atoms with Crippen LogP contribution in [-0.4, -0.2) is 16.1 Å². The highest BCUT2D eigenvalue weighted by Gasteiger charge is 2.08. The predicted octanol–water partition coefficient (Wildman–Crippen LogP) is 4.34. The molecule has 0 aliphatic heterocycles. The lowest BCUT2D eigenvalue weighted by Crippen LogP contribution is -1.99. The van der Waals surface area contributed by atoms with Crippen molar-refractivity contribution in [2.45, 2.75) is 12.8 Å². The number of carboxylic acids is 1. The van der Waals surface area contributed by atoms with Crippen molar-refractivity contribution in [1.82, 2.24) is 4.98 Å². The number of fused-ring (bicyclic) bond motifs is 1. The molecule has 22 heavy (non-hydrogen) atoms. The average molecular weight is 314 g/mol. The molecule has 0 saturated heterocycles. The lowest BCUT2D eigenvalue weighted by molar-refractivity contribution is -0.136. The number of nitrogens with zero attached hydrogens (tertiary/aromatic N) is 1. The molecule has 0 bridgehead atoms. The normalized spacial score (nSPS) is 10.2. The Morgan fingerprint density at radius 2 is 1.68 bits per heavy atom. The number of pyridine rings is 1. The Morgan fingerprint density at radius 3 is 2.41 bits per heavy atom. The molecule has 0 atom stereocenters. The van der Waals surface area contributed by atoms with E-state index in [1.807, 2.05) is 60.7 Å². The third-order valence-electron chi connectivity index (χ3n) is 3.48. The van der Waals surface area contributed by atoms with Crippen LogP contribution in [0.3, 0.4) is 0 Å². The summed E-state index contributed by atoms with van der Waals surface area (Å²) in [5.41, 5.74) is 3.86. The first-order valence-corrected chi connectivity index (χ1v) is 6.90. The Balaban J connectivity index is 0.00000176. The van der Waals surface area contributed by atoms with Crippen molar-refractivity contribution in [3.05, 3.63) is 66.2 Å². The highest BCUT2D eigenvalue weighted by atomic mass is 35.5. The standard InChI is InChI=1S/C18H15NO2.ClH/c20-18(21)11-10-14-12-17(13-6-2-1-3-7-13)19-16-9-5-4-8-15(14)16;/h1-9,12H,10-11H2,(H,20,21);1H. The fourth-order valence-corrected chi connectivity index (χ4v) is 2.45. The van der Waals surface area contributed by atoms with E-state index < -0.39 is 5.97 Å². The van der Waals surface area contributed by atoms with Crippen LogP contribution >= 0.6 is 12.4 Å². The number of carboxylic acid groups (broad SMARTS) is 1. The van der Waals surface area contributed by atoms with E-state index in [-0.39, 0.29) is 18.8 Å². The molecule has 0 aliphatic rings. The van der Waals surface area contributed by atoms with Crippen molar-refractivity contribution in [1.29, 1.82) is 0 Å². The number of para-hydroxylation sites is 1. The van der Waals surface area contributed by atoms with E-state index in [2.05, 4.69) is 4.98 Å². The van der Waals surface area contributed by atoms with Crippen LogP contribution in [0.5, 0.6) is 0 Å². The monoisotopic (exact) mass is 313 g/mol. The van der Waals surface area contributed by atoms with E-state index >= 15 is 0 Å². The summed E-state index contributed by atoms with van der Waals surface area (Å²) in [7, 11) is 0. The molecule has 3 nitrogen and oxygen atoms in total. The molecule has 0 spiro atoms. The molecule has 4 heteroatoms. The zero-order chi connectivity index (χ0) is 14.7. The van der Waals surface area contributed by atoms with Crippen molar-refractivity contribution >= 4 is 29.3 Å². The maximum Gasteiger partial charge on any atom is 0.303 e. The predicted molar refractivity (Wildman–Crippen MR) is 90.4 cm³/mol. The Kier molecular flexibility index (Phi) is 5.12. The van der Waals surface area contributed by atoms with Gasteiger partial charge in [-0.3, -0.25) is 4.79 Å². The van der Waals surface area contributed by atoms with Crippen molar-refractivity contribution < 1.29 is 9.90 Å². The average Bonchev–Trinajstić information content (AvgIpc) is 2.53. The summed E-state index contributed by atoms with van der Waals surface area (Å²) in [6.07, 6.45) is 0.639. The minimum absolute atomic E-state index is 0. The van der Waals surface area contributed by atoms with Crippen LogP contribution in [-0.2, 0) is 11.2 Å². The van der Waals surface area contributed by atoms with E-state index in [9.17, 15) is 4.79 Å². The molecule has 0 unspecified atom stereocenters. The van der Waals surface area contributed by atoms with Gasteiger partial charge in [-0.15, -0.1) is 12.4 Å². The molecule has 0 saturated carbocycles. The van der Waals surface area contributed by atoms with Crippen molar-refractivity contribution in [2.24, 2.45) is 0 Å². The van der Waals surface area contributed by atoms with Gasteiger partial charge in [0.15, 0.2) is 0 Å². The van der Waals surface area contributed by atoms with Gasteiger partial charge in [-0.05, 0) is 24.1 Å². The lowest BCUT2D eigenvalue weighted by Gasteiger charge is -2.09. The van der Waals surface area contributed by atoms with E-state index in [1.165, 1.54) is 0 Å². The quantitative estimate of drug-likeness (QED) is 0.779. The van der Waals surface area contributed by atoms with Crippen LogP contribution in [0.15, 0.2) is 60.7 Å². The maximum atomic E-state index is 10.8. The van der Waals surface area contributed by atoms with Crippen LogP contribution in [0.1, 0.15) is 12.0 Å². The first-order valence-electron chi connectivity index (χ1n) is 6.90. The molecule has 1 heterocycles. The summed E-state index contributed by atoms with van der Waals surface area (Å²) in [6.45, 7) is 0. The van der Waals surface area contributed by atoms with Gasteiger partial charge in [0.1, 0.15) is 0 Å². The van der Waals surface area contributed by atoms with Crippen LogP contribution in [0.4, 0.5) is 0 Å². The molecule has 1 N–H and O–H groups in total. The summed E-state index contributed by atoms with van der Waals surface area (Å²) in [5.74, 6) is -0.780. The van der Waals surface area contributed by atoms with Gasteiger partial charge < -0.3 is 5.11 Å². The minimum atomic E-state index is -0.780. The van der Waals surface area contributed by atoms with Crippen LogP contribution in [0.25, 0.3) is 22.2 Å². The van der Waals surface area contributed by atoms with Crippen LogP contribution in [0.2, 0.25) is 0 Å². The topological polar surface area (TPSA) is 50.2 Å². The second-order valence-corrected chi connectivity index (χ2v) is 4.94. The maximum absolute atomic E-state index is 10.8. The third-order valence-corrected chi connectivity index (χ3v) is 3.48. The van der Waals surface area contributed by atoms with Crippen molar-refractivity contribution in [3.63, 3.8) is 0 Å². The Labute approximate surface area is 135 Å². The Bertz CT molecular complexity index is 787. The minimum Gasteiger partial charge on any atom is -0.481 e. The fourth-order valence-electron chi connectivity index (χ4n) is 2.45. The van der Waals surface area contributed by atoms with Gasteiger partial charge in [0.05, 0.1) is 11.2 Å². The molecule has 2 aromatic carbocycles. The summed E-state index contributed by atoms with van der Waals surface area (Å²) >= 11 is 0. The number of hydrogen-bond acceptors (Lipinski definition) is 2. The largest absolute Gasteiger partial charge is 0.481 e. The Morgan fingerprint density at radius 1 is 1.00 bits per heavy atom. The van der Waals surface area contributed by atoms with Gasteiger partial charge in [-0.25, -0.2) is 4.98 Å². The van der Waals surface area contributed by atoms with Crippen LogP contribution in [0, 0.1) is 0 Å². The molecule has 0 radical (unpaired) electrons. The molecule has 1 aromatic heterocycles. The number of aryl methyl sites for hydroxylation is 1. The number of aliphatic carboxylic acids is 1. The van der Waals surface area contributed by atoms with E-state index in [0.717, 1.165) is 27.7 Å². The van der Waals surface area contributed by atoms with Gasteiger partial charge in [0.25, 0.3) is 0 Å². The zero-order valence-corrected chi connectivity index (χ0v) is 12.7. The summed E-state index contributed by atoms with van der Waals surface area (Å²) in [5, 5.41) is 9.94.